The summed E-state index contributed by atoms with van der Waals surface area (Å²) < 4.78 is 5.65. The molecule has 0 unspecified atom stereocenters. The lowest BCUT2D eigenvalue weighted by atomic mass is 9.96. The lowest BCUT2D eigenvalue weighted by Crippen LogP contribution is -2.10. The summed E-state index contributed by atoms with van der Waals surface area (Å²) in [5.41, 5.74) is 7.95. The van der Waals surface area contributed by atoms with Gasteiger partial charge in [0.25, 0.3) is 0 Å². The molecule has 0 aliphatic carbocycles. The summed E-state index contributed by atoms with van der Waals surface area (Å²) in [6.45, 7) is 4.46. The minimum absolute atomic E-state index is 0.00764. The minimum Gasteiger partial charge on any atom is -0.491 e. The van der Waals surface area contributed by atoms with Crippen molar-refractivity contribution in [1.82, 2.24) is 0 Å². The first-order valence-electron chi connectivity index (χ1n) is 7.21. The smallest absolute Gasteiger partial charge is 0.193 e. The summed E-state index contributed by atoms with van der Waals surface area (Å²) in [7, 11) is 0. The highest BCUT2D eigenvalue weighted by Crippen LogP contribution is 2.20. The van der Waals surface area contributed by atoms with Crippen LogP contribution in [-0.2, 0) is 6.42 Å². The van der Waals surface area contributed by atoms with E-state index in [0.29, 0.717) is 29.8 Å². The van der Waals surface area contributed by atoms with Crippen LogP contribution in [0.15, 0.2) is 48.5 Å². The number of ether oxygens (including phenoxy) is 1. The Morgan fingerprint density at radius 3 is 2.62 bits per heavy atom. The van der Waals surface area contributed by atoms with Gasteiger partial charge in [0.1, 0.15) is 5.75 Å². The molecule has 2 rings (SSSR count). The molecule has 0 aliphatic rings. The SMILES string of the molecule is CC(C)Oc1cccc(C(=O)c2ccccc2CCN)c1. The van der Waals surface area contributed by atoms with E-state index in [9.17, 15) is 4.79 Å². The van der Waals surface area contributed by atoms with Gasteiger partial charge >= 0.3 is 0 Å². The second kappa shape index (κ2) is 7.04. The molecule has 0 aromatic heterocycles. The Morgan fingerprint density at radius 2 is 1.90 bits per heavy atom. The van der Waals surface area contributed by atoms with E-state index in [2.05, 4.69) is 0 Å². The zero-order valence-corrected chi connectivity index (χ0v) is 12.5. The van der Waals surface area contributed by atoms with E-state index < -0.39 is 0 Å². The first kappa shape index (κ1) is 15.3. The monoisotopic (exact) mass is 283 g/mol. The Labute approximate surface area is 125 Å². The summed E-state index contributed by atoms with van der Waals surface area (Å²) in [6, 6.07) is 14.9. The van der Waals surface area contributed by atoms with Gasteiger partial charge in [-0.25, -0.2) is 0 Å². The lowest BCUT2D eigenvalue weighted by Gasteiger charge is -2.11. The molecular weight excluding hydrogens is 262 g/mol. The van der Waals surface area contributed by atoms with Gasteiger partial charge in [-0.15, -0.1) is 0 Å². The molecule has 0 atom stereocenters. The number of carbonyl (C=O) groups excluding carboxylic acids is 1. The van der Waals surface area contributed by atoms with Crippen molar-refractivity contribution in [3.8, 4) is 5.75 Å². The maximum absolute atomic E-state index is 12.7. The molecular formula is C18H21NO2. The second-order valence-electron chi connectivity index (χ2n) is 5.22. The molecule has 0 saturated carbocycles. The third-order valence-corrected chi connectivity index (χ3v) is 3.14. The van der Waals surface area contributed by atoms with Crippen LogP contribution in [0, 0.1) is 0 Å². The second-order valence-corrected chi connectivity index (χ2v) is 5.22. The molecule has 0 radical (unpaired) electrons. The Bertz CT molecular complexity index is 620. The van der Waals surface area contributed by atoms with E-state index in [1.165, 1.54) is 0 Å². The van der Waals surface area contributed by atoms with E-state index in [1.54, 1.807) is 6.07 Å². The molecule has 0 saturated heterocycles. The van der Waals surface area contributed by atoms with E-state index in [4.69, 9.17) is 10.5 Å². The summed E-state index contributed by atoms with van der Waals surface area (Å²) in [4.78, 5) is 12.7. The molecule has 0 spiro atoms. The van der Waals surface area contributed by atoms with E-state index in [-0.39, 0.29) is 11.9 Å². The Hall–Kier alpha value is -2.13. The molecule has 21 heavy (non-hydrogen) atoms. The third kappa shape index (κ3) is 3.92. The van der Waals surface area contributed by atoms with Gasteiger partial charge in [0.2, 0.25) is 0 Å². The van der Waals surface area contributed by atoms with Crippen molar-refractivity contribution >= 4 is 5.78 Å². The summed E-state index contributed by atoms with van der Waals surface area (Å²) in [6.07, 6.45) is 0.782. The molecule has 0 aliphatic heterocycles. The highest BCUT2D eigenvalue weighted by Gasteiger charge is 2.13. The fraction of sp³-hybridized carbons (Fsp3) is 0.278. The highest BCUT2D eigenvalue weighted by atomic mass is 16.5. The van der Waals surface area contributed by atoms with Crippen molar-refractivity contribution in [2.75, 3.05) is 6.54 Å². The van der Waals surface area contributed by atoms with Crippen LogP contribution in [0.5, 0.6) is 5.75 Å². The molecule has 2 aromatic carbocycles. The van der Waals surface area contributed by atoms with Gasteiger partial charge in [0.15, 0.2) is 5.78 Å². The molecule has 2 aromatic rings. The largest absolute Gasteiger partial charge is 0.491 e. The van der Waals surface area contributed by atoms with Gasteiger partial charge in [0.05, 0.1) is 6.10 Å². The standard InChI is InChI=1S/C18H21NO2/c1-13(2)21-16-8-5-7-15(12-16)18(20)17-9-4-3-6-14(17)10-11-19/h3-9,12-13H,10-11,19H2,1-2H3. The van der Waals surface area contributed by atoms with Crippen molar-refractivity contribution in [1.29, 1.82) is 0 Å². The quantitative estimate of drug-likeness (QED) is 0.828. The normalized spacial score (nSPS) is 10.7. The molecule has 0 bridgehead atoms. The van der Waals surface area contributed by atoms with Crippen LogP contribution < -0.4 is 10.5 Å². The number of hydrogen-bond acceptors (Lipinski definition) is 3. The molecule has 110 valence electrons. The van der Waals surface area contributed by atoms with Crippen LogP contribution in [0.2, 0.25) is 0 Å². The molecule has 0 fully saturated rings. The zero-order chi connectivity index (χ0) is 15.2. The summed E-state index contributed by atoms with van der Waals surface area (Å²) in [5.74, 6) is 0.723. The third-order valence-electron chi connectivity index (χ3n) is 3.14. The van der Waals surface area contributed by atoms with Crippen molar-refractivity contribution < 1.29 is 9.53 Å². The predicted octanol–water partition coefficient (Wildman–Crippen LogP) is 3.21. The topological polar surface area (TPSA) is 52.3 Å². The van der Waals surface area contributed by atoms with Crippen molar-refractivity contribution in [2.45, 2.75) is 26.4 Å². The first-order valence-corrected chi connectivity index (χ1v) is 7.21. The number of carbonyl (C=O) groups is 1. The van der Waals surface area contributed by atoms with Gasteiger partial charge in [-0.05, 0) is 44.5 Å². The van der Waals surface area contributed by atoms with Gasteiger partial charge in [-0.1, -0.05) is 36.4 Å². The lowest BCUT2D eigenvalue weighted by molar-refractivity contribution is 0.103. The van der Waals surface area contributed by atoms with E-state index >= 15 is 0 Å². The molecule has 3 nitrogen and oxygen atoms in total. The number of rotatable bonds is 6. The fourth-order valence-corrected chi connectivity index (χ4v) is 2.25. The van der Waals surface area contributed by atoms with Crippen molar-refractivity contribution in [3.63, 3.8) is 0 Å². The number of nitrogens with two attached hydrogens (primary N) is 1. The van der Waals surface area contributed by atoms with Crippen LogP contribution in [0.3, 0.4) is 0 Å². The highest BCUT2D eigenvalue weighted by molar-refractivity contribution is 6.10. The van der Waals surface area contributed by atoms with Gasteiger partial charge < -0.3 is 10.5 Å². The Kier molecular flexibility index (Phi) is 5.12. The predicted molar refractivity (Wildman–Crippen MR) is 84.8 cm³/mol. The zero-order valence-electron chi connectivity index (χ0n) is 12.5. The van der Waals surface area contributed by atoms with Crippen LogP contribution in [0.1, 0.15) is 35.3 Å². The molecule has 3 heteroatoms. The maximum Gasteiger partial charge on any atom is 0.193 e. The molecule has 0 amide bonds. The van der Waals surface area contributed by atoms with E-state index in [1.807, 2.05) is 56.3 Å². The van der Waals surface area contributed by atoms with Gasteiger partial charge in [-0.2, -0.15) is 0 Å². The minimum atomic E-state index is 0.00764. The van der Waals surface area contributed by atoms with Crippen molar-refractivity contribution in [2.24, 2.45) is 5.73 Å². The number of ketones is 1. The summed E-state index contributed by atoms with van der Waals surface area (Å²) >= 11 is 0. The molecule has 2 N–H and O–H groups in total. The number of benzene rings is 2. The fourth-order valence-electron chi connectivity index (χ4n) is 2.25. The average molecular weight is 283 g/mol. The average Bonchev–Trinajstić information content (AvgIpc) is 2.47. The van der Waals surface area contributed by atoms with Crippen LogP contribution in [-0.4, -0.2) is 18.4 Å². The summed E-state index contributed by atoms with van der Waals surface area (Å²) in [5, 5.41) is 0. The number of hydrogen-bond donors (Lipinski definition) is 1. The first-order chi connectivity index (χ1) is 10.1. The van der Waals surface area contributed by atoms with Crippen LogP contribution >= 0.6 is 0 Å². The Balaban J connectivity index is 2.32. The van der Waals surface area contributed by atoms with Crippen LogP contribution in [0.25, 0.3) is 0 Å². The van der Waals surface area contributed by atoms with Gasteiger partial charge in [-0.3, -0.25) is 4.79 Å². The van der Waals surface area contributed by atoms with Crippen molar-refractivity contribution in [3.05, 3.63) is 65.2 Å². The van der Waals surface area contributed by atoms with Crippen LogP contribution in [0.4, 0.5) is 0 Å². The Morgan fingerprint density at radius 1 is 1.14 bits per heavy atom. The molecule has 0 heterocycles. The maximum atomic E-state index is 12.7. The van der Waals surface area contributed by atoms with Gasteiger partial charge in [0, 0.05) is 11.1 Å². The van der Waals surface area contributed by atoms with E-state index in [0.717, 1.165) is 5.56 Å².